The van der Waals surface area contributed by atoms with E-state index < -0.39 is 0 Å². The van der Waals surface area contributed by atoms with Crippen LogP contribution in [0.25, 0.3) is 5.82 Å². The number of likely N-dealkylation sites (tertiary alicyclic amines) is 1. The molecule has 1 fully saturated rings. The smallest absolute Gasteiger partial charge is 0.318 e. The van der Waals surface area contributed by atoms with Gasteiger partial charge in [-0.15, -0.1) is 0 Å². The zero-order chi connectivity index (χ0) is 17.1. The molecule has 128 valence electrons. The van der Waals surface area contributed by atoms with Crippen molar-refractivity contribution in [1.82, 2.24) is 25.0 Å². The van der Waals surface area contributed by atoms with Gasteiger partial charge in [-0.3, -0.25) is 0 Å². The van der Waals surface area contributed by atoms with Gasteiger partial charge in [-0.2, -0.15) is 5.10 Å². The Balaban J connectivity index is 1.41. The first-order valence-electron chi connectivity index (χ1n) is 8.34. The molecule has 1 saturated heterocycles. The number of nitrogens with zero attached hydrogens (tertiary/aromatic N) is 4. The number of urea groups is 1. The lowest BCUT2D eigenvalue weighted by Crippen LogP contribution is -2.39. The second kappa shape index (κ2) is 6.80. The molecule has 7 nitrogen and oxygen atoms in total. The molecule has 1 N–H and O–H groups in total. The molecule has 0 aromatic carbocycles. The second-order valence-electron chi connectivity index (χ2n) is 6.00. The van der Waals surface area contributed by atoms with Gasteiger partial charge in [0, 0.05) is 31.7 Å². The van der Waals surface area contributed by atoms with Crippen LogP contribution in [-0.4, -0.2) is 32.2 Å². The molecule has 0 radical (unpaired) electrons. The van der Waals surface area contributed by atoms with Crippen LogP contribution in [-0.2, 0) is 6.54 Å². The third-order valence-corrected chi connectivity index (χ3v) is 4.38. The van der Waals surface area contributed by atoms with E-state index in [1.807, 2.05) is 41.4 Å². The normalized spacial score (nSPS) is 17.0. The van der Waals surface area contributed by atoms with E-state index >= 15 is 0 Å². The van der Waals surface area contributed by atoms with Crippen LogP contribution >= 0.6 is 0 Å². The number of nitrogens with one attached hydrogen (secondary N) is 1. The summed E-state index contributed by atoms with van der Waals surface area (Å²) in [5, 5.41) is 7.17. The average molecular weight is 337 g/mol. The zero-order valence-corrected chi connectivity index (χ0v) is 13.7. The quantitative estimate of drug-likeness (QED) is 0.794. The van der Waals surface area contributed by atoms with Gasteiger partial charge in [-0.25, -0.2) is 14.5 Å². The van der Waals surface area contributed by atoms with Crippen molar-refractivity contribution in [2.45, 2.75) is 25.4 Å². The number of pyridine rings is 1. The lowest BCUT2D eigenvalue weighted by molar-refractivity contribution is 0.186. The summed E-state index contributed by atoms with van der Waals surface area (Å²) in [4.78, 5) is 18.7. The van der Waals surface area contributed by atoms with Crippen molar-refractivity contribution in [2.75, 3.05) is 6.54 Å². The number of furan rings is 1. The summed E-state index contributed by atoms with van der Waals surface area (Å²) in [5.41, 5.74) is 0.975. The third-order valence-electron chi connectivity index (χ3n) is 4.38. The molecule has 1 atom stereocenters. The number of amides is 2. The highest BCUT2D eigenvalue weighted by atomic mass is 16.3. The van der Waals surface area contributed by atoms with E-state index in [9.17, 15) is 4.79 Å². The maximum absolute atomic E-state index is 12.6. The summed E-state index contributed by atoms with van der Waals surface area (Å²) in [6, 6.07) is 9.39. The fourth-order valence-corrected chi connectivity index (χ4v) is 3.17. The van der Waals surface area contributed by atoms with E-state index in [1.165, 1.54) is 0 Å². The van der Waals surface area contributed by atoms with E-state index in [4.69, 9.17) is 4.42 Å². The summed E-state index contributed by atoms with van der Waals surface area (Å²) in [5.74, 6) is 1.57. The standard InChI is InChI=1S/C18H19N5O2/c24-18(22-9-1-4-15(22)16-5-2-11-25-16)20-13-14-6-8-19-17(12-14)23-10-3-7-21-23/h2-3,5-8,10-12,15H,1,4,9,13H2,(H,20,24). The second-order valence-corrected chi connectivity index (χ2v) is 6.00. The van der Waals surface area contributed by atoms with Gasteiger partial charge >= 0.3 is 6.03 Å². The van der Waals surface area contributed by atoms with Crippen LogP contribution in [0.2, 0.25) is 0 Å². The minimum absolute atomic E-state index is 0.0204. The van der Waals surface area contributed by atoms with Crippen LogP contribution in [0.4, 0.5) is 4.79 Å². The summed E-state index contributed by atoms with van der Waals surface area (Å²) >= 11 is 0. The van der Waals surface area contributed by atoms with Gasteiger partial charge in [0.2, 0.25) is 0 Å². The molecule has 3 aromatic heterocycles. The number of hydrogen-bond acceptors (Lipinski definition) is 4. The Morgan fingerprint density at radius 1 is 1.32 bits per heavy atom. The molecule has 4 rings (SSSR count). The number of carbonyl (C=O) groups is 1. The summed E-state index contributed by atoms with van der Waals surface area (Å²) in [6.07, 6.45) is 8.83. The van der Waals surface area contributed by atoms with Crippen LogP contribution in [0.15, 0.2) is 59.6 Å². The average Bonchev–Trinajstić information content (AvgIpc) is 3.41. The number of carbonyl (C=O) groups excluding carboxylic acids is 1. The molecule has 2 amide bonds. The molecule has 0 aliphatic carbocycles. The lowest BCUT2D eigenvalue weighted by atomic mass is 10.2. The molecular formula is C18H19N5O2. The molecule has 1 aliphatic rings. The fourth-order valence-electron chi connectivity index (χ4n) is 3.17. The Hall–Kier alpha value is -3.09. The fraction of sp³-hybridized carbons (Fsp3) is 0.278. The van der Waals surface area contributed by atoms with E-state index in [0.29, 0.717) is 6.54 Å². The predicted octanol–water partition coefficient (Wildman–Crippen LogP) is 2.91. The molecule has 4 heterocycles. The first kappa shape index (κ1) is 15.4. The van der Waals surface area contributed by atoms with Crippen molar-refractivity contribution in [3.05, 3.63) is 66.5 Å². The molecule has 0 saturated carbocycles. The Kier molecular flexibility index (Phi) is 4.20. The number of aromatic nitrogens is 3. The van der Waals surface area contributed by atoms with Crippen LogP contribution in [0.3, 0.4) is 0 Å². The first-order chi connectivity index (χ1) is 12.3. The van der Waals surface area contributed by atoms with E-state index in [1.54, 1.807) is 23.3 Å². The van der Waals surface area contributed by atoms with E-state index in [2.05, 4.69) is 15.4 Å². The molecule has 1 unspecified atom stereocenters. The van der Waals surface area contributed by atoms with Crippen molar-refractivity contribution >= 4 is 6.03 Å². The van der Waals surface area contributed by atoms with Crippen LogP contribution in [0.1, 0.15) is 30.2 Å². The highest BCUT2D eigenvalue weighted by Crippen LogP contribution is 2.31. The van der Waals surface area contributed by atoms with Crippen molar-refractivity contribution in [3.8, 4) is 5.82 Å². The van der Waals surface area contributed by atoms with Crippen molar-refractivity contribution in [2.24, 2.45) is 0 Å². The molecule has 0 spiro atoms. The summed E-state index contributed by atoms with van der Waals surface area (Å²) in [7, 11) is 0. The Morgan fingerprint density at radius 2 is 2.28 bits per heavy atom. The minimum Gasteiger partial charge on any atom is -0.467 e. The van der Waals surface area contributed by atoms with Crippen LogP contribution < -0.4 is 5.32 Å². The molecule has 25 heavy (non-hydrogen) atoms. The first-order valence-corrected chi connectivity index (χ1v) is 8.34. The van der Waals surface area contributed by atoms with Crippen molar-refractivity contribution in [3.63, 3.8) is 0 Å². The SMILES string of the molecule is O=C(NCc1ccnc(-n2cccn2)c1)N1CCCC1c1ccco1. The molecule has 3 aromatic rings. The maximum atomic E-state index is 12.6. The molecular weight excluding hydrogens is 318 g/mol. The largest absolute Gasteiger partial charge is 0.467 e. The van der Waals surface area contributed by atoms with Crippen molar-refractivity contribution < 1.29 is 9.21 Å². The van der Waals surface area contributed by atoms with Crippen molar-refractivity contribution in [1.29, 1.82) is 0 Å². The molecule has 0 bridgehead atoms. The monoisotopic (exact) mass is 337 g/mol. The van der Waals surface area contributed by atoms with E-state index in [0.717, 1.165) is 36.5 Å². The highest BCUT2D eigenvalue weighted by Gasteiger charge is 2.31. The zero-order valence-electron chi connectivity index (χ0n) is 13.7. The van der Waals surface area contributed by atoms with Gasteiger partial charge in [0.1, 0.15) is 5.76 Å². The maximum Gasteiger partial charge on any atom is 0.318 e. The van der Waals surface area contributed by atoms with Crippen LogP contribution in [0.5, 0.6) is 0 Å². The Bertz CT molecular complexity index is 829. The highest BCUT2D eigenvalue weighted by molar-refractivity contribution is 5.75. The van der Waals surface area contributed by atoms with E-state index in [-0.39, 0.29) is 12.1 Å². The van der Waals surface area contributed by atoms with Gasteiger partial charge in [0.05, 0.1) is 12.3 Å². The lowest BCUT2D eigenvalue weighted by Gasteiger charge is -2.23. The Morgan fingerprint density at radius 3 is 3.08 bits per heavy atom. The van der Waals surface area contributed by atoms with Gasteiger partial charge in [0.25, 0.3) is 0 Å². The van der Waals surface area contributed by atoms with Gasteiger partial charge in [-0.05, 0) is 48.7 Å². The third kappa shape index (κ3) is 3.26. The summed E-state index contributed by atoms with van der Waals surface area (Å²) in [6.45, 7) is 1.18. The molecule has 7 heteroatoms. The predicted molar refractivity (Wildman–Crippen MR) is 91.0 cm³/mol. The number of hydrogen-bond donors (Lipinski definition) is 1. The van der Waals surface area contributed by atoms with Gasteiger partial charge in [0.15, 0.2) is 5.82 Å². The van der Waals surface area contributed by atoms with Gasteiger partial charge in [-0.1, -0.05) is 0 Å². The van der Waals surface area contributed by atoms with Crippen LogP contribution in [0, 0.1) is 0 Å². The minimum atomic E-state index is -0.0728. The molecule has 1 aliphatic heterocycles. The Labute approximate surface area is 145 Å². The summed E-state index contributed by atoms with van der Waals surface area (Å²) < 4.78 is 7.17. The topological polar surface area (TPSA) is 76.2 Å². The number of rotatable bonds is 4. The van der Waals surface area contributed by atoms with Gasteiger partial charge < -0.3 is 14.6 Å².